The molecule has 1 aromatic heterocycles. The third kappa shape index (κ3) is 4.11. The van der Waals surface area contributed by atoms with Crippen molar-refractivity contribution in [2.45, 2.75) is 44.2 Å². The lowest BCUT2D eigenvalue weighted by atomic mass is 10.1. The van der Waals surface area contributed by atoms with Crippen LogP contribution in [0.2, 0.25) is 0 Å². The van der Waals surface area contributed by atoms with Gasteiger partial charge < -0.3 is 0 Å². The summed E-state index contributed by atoms with van der Waals surface area (Å²) in [6.45, 7) is 6.24. The molecule has 0 unspecified atom stereocenters. The highest BCUT2D eigenvalue weighted by Gasteiger charge is 2.28. The van der Waals surface area contributed by atoms with Crippen molar-refractivity contribution in [3.05, 3.63) is 47.3 Å². The molecule has 0 spiro atoms. The van der Waals surface area contributed by atoms with Crippen LogP contribution in [0.1, 0.15) is 29.8 Å². The van der Waals surface area contributed by atoms with Crippen LogP contribution in [0, 0.1) is 13.8 Å². The van der Waals surface area contributed by atoms with Crippen LogP contribution in [0.4, 0.5) is 0 Å². The average Bonchev–Trinajstić information content (AvgIpc) is 2.83. The molecular weight excluding hydrogens is 336 g/mol. The van der Waals surface area contributed by atoms with E-state index < -0.39 is 10.0 Å². The Kier molecular flexibility index (Phi) is 5.27. The number of sulfonamides is 1. The Hall–Kier alpha value is -1.70. The maximum absolute atomic E-state index is 12.7. The van der Waals surface area contributed by atoms with Crippen molar-refractivity contribution in [3.63, 3.8) is 0 Å². The quantitative estimate of drug-likeness (QED) is 0.883. The Bertz CT molecular complexity index is 822. The highest BCUT2D eigenvalue weighted by Crippen LogP contribution is 2.21. The van der Waals surface area contributed by atoms with Gasteiger partial charge in [-0.1, -0.05) is 30.3 Å². The summed E-state index contributed by atoms with van der Waals surface area (Å²) in [7, 11) is -1.76. The fraction of sp³-hybridized carbons (Fsp3) is 0.500. The number of likely N-dealkylation sites (tertiary alicyclic amines) is 1. The molecule has 0 amide bonds. The zero-order chi connectivity index (χ0) is 18.0. The van der Waals surface area contributed by atoms with Crippen LogP contribution in [0.15, 0.2) is 35.2 Å². The molecule has 1 aliphatic rings. The first-order chi connectivity index (χ1) is 11.9. The van der Waals surface area contributed by atoms with E-state index in [4.69, 9.17) is 0 Å². The van der Waals surface area contributed by atoms with Gasteiger partial charge in [0, 0.05) is 32.7 Å². The molecule has 0 bridgehead atoms. The Labute approximate surface area is 149 Å². The monoisotopic (exact) mass is 362 g/mol. The van der Waals surface area contributed by atoms with Crippen LogP contribution in [0.25, 0.3) is 0 Å². The van der Waals surface area contributed by atoms with E-state index >= 15 is 0 Å². The van der Waals surface area contributed by atoms with Gasteiger partial charge in [-0.2, -0.15) is 5.10 Å². The molecule has 136 valence electrons. The molecule has 0 radical (unpaired) electrons. The van der Waals surface area contributed by atoms with E-state index in [0.29, 0.717) is 16.3 Å². The van der Waals surface area contributed by atoms with E-state index in [9.17, 15) is 8.42 Å². The summed E-state index contributed by atoms with van der Waals surface area (Å²) < 4.78 is 30.0. The molecule has 1 saturated heterocycles. The van der Waals surface area contributed by atoms with Gasteiger partial charge in [-0.05, 0) is 32.3 Å². The number of nitrogens with one attached hydrogen (secondary N) is 1. The summed E-state index contributed by atoms with van der Waals surface area (Å²) >= 11 is 0. The van der Waals surface area contributed by atoms with Crippen LogP contribution in [-0.4, -0.2) is 42.2 Å². The van der Waals surface area contributed by atoms with E-state index in [0.717, 1.165) is 32.5 Å². The summed E-state index contributed by atoms with van der Waals surface area (Å²) in [6.07, 6.45) is 1.65. The molecule has 0 aliphatic carbocycles. The highest BCUT2D eigenvalue weighted by atomic mass is 32.2. The maximum Gasteiger partial charge on any atom is 0.244 e. The van der Waals surface area contributed by atoms with Gasteiger partial charge in [-0.3, -0.25) is 9.58 Å². The summed E-state index contributed by atoms with van der Waals surface area (Å²) in [5.41, 5.74) is 2.52. The lowest BCUT2D eigenvalue weighted by Gasteiger charge is -2.32. The van der Waals surface area contributed by atoms with Crippen LogP contribution >= 0.6 is 0 Å². The Morgan fingerprint density at radius 1 is 1.16 bits per heavy atom. The predicted octanol–water partition coefficient (Wildman–Crippen LogP) is 1.98. The molecule has 2 heterocycles. The van der Waals surface area contributed by atoms with Crippen molar-refractivity contribution in [2.24, 2.45) is 7.05 Å². The fourth-order valence-electron chi connectivity index (χ4n) is 3.47. The van der Waals surface area contributed by atoms with Crippen molar-refractivity contribution >= 4 is 10.0 Å². The number of piperidine rings is 1. The highest BCUT2D eigenvalue weighted by molar-refractivity contribution is 7.89. The van der Waals surface area contributed by atoms with Gasteiger partial charge in [0.2, 0.25) is 10.0 Å². The van der Waals surface area contributed by atoms with Gasteiger partial charge in [0.15, 0.2) is 0 Å². The third-order valence-corrected chi connectivity index (χ3v) is 6.64. The molecule has 1 aliphatic heterocycles. The third-order valence-electron chi connectivity index (χ3n) is 4.87. The van der Waals surface area contributed by atoms with Crippen LogP contribution < -0.4 is 4.72 Å². The lowest BCUT2D eigenvalue weighted by Crippen LogP contribution is -2.44. The zero-order valence-electron chi connectivity index (χ0n) is 15.1. The van der Waals surface area contributed by atoms with Crippen LogP contribution in [0.3, 0.4) is 0 Å². The molecule has 25 heavy (non-hydrogen) atoms. The van der Waals surface area contributed by atoms with Crippen molar-refractivity contribution in [3.8, 4) is 0 Å². The SMILES string of the molecule is Cc1nn(C)c(C)c1S(=O)(=O)NC1CCN(Cc2ccccc2)CC1. The van der Waals surface area contributed by atoms with Crippen molar-refractivity contribution in [1.29, 1.82) is 0 Å². The number of hydrogen-bond acceptors (Lipinski definition) is 4. The predicted molar refractivity (Wildman–Crippen MR) is 97.7 cm³/mol. The van der Waals surface area contributed by atoms with E-state index in [2.05, 4.69) is 39.0 Å². The van der Waals surface area contributed by atoms with Crippen molar-refractivity contribution in [1.82, 2.24) is 19.4 Å². The van der Waals surface area contributed by atoms with E-state index in [1.54, 1.807) is 25.6 Å². The maximum atomic E-state index is 12.7. The molecule has 3 rings (SSSR count). The largest absolute Gasteiger partial charge is 0.299 e. The minimum Gasteiger partial charge on any atom is -0.299 e. The summed E-state index contributed by atoms with van der Waals surface area (Å²) in [5, 5.41) is 4.22. The van der Waals surface area contributed by atoms with E-state index in [1.807, 2.05) is 6.07 Å². The Morgan fingerprint density at radius 2 is 1.80 bits per heavy atom. The molecule has 7 heteroatoms. The molecule has 1 N–H and O–H groups in total. The number of aromatic nitrogens is 2. The second kappa shape index (κ2) is 7.27. The van der Waals surface area contributed by atoms with Crippen molar-refractivity contribution < 1.29 is 8.42 Å². The Morgan fingerprint density at radius 3 is 2.36 bits per heavy atom. The fourth-order valence-corrected chi connectivity index (χ4v) is 5.22. The molecule has 6 nitrogen and oxygen atoms in total. The Balaban J connectivity index is 1.60. The van der Waals surface area contributed by atoms with Gasteiger partial charge in [0.25, 0.3) is 0 Å². The van der Waals surface area contributed by atoms with Gasteiger partial charge >= 0.3 is 0 Å². The minimum absolute atomic E-state index is 0.0176. The van der Waals surface area contributed by atoms with Gasteiger partial charge in [0.05, 0.1) is 11.4 Å². The normalized spacial score (nSPS) is 17.1. The number of aryl methyl sites for hydroxylation is 2. The minimum atomic E-state index is -3.53. The average molecular weight is 362 g/mol. The first kappa shape index (κ1) is 18.1. The van der Waals surface area contributed by atoms with Gasteiger partial charge in [-0.15, -0.1) is 0 Å². The van der Waals surface area contributed by atoms with Gasteiger partial charge in [0.1, 0.15) is 4.90 Å². The molecule has 0 atom stereocenters. The molecule has 2 aromatic rings. The van der Waals surface area contributed by atoms with E-state index in [1.165, 1.54) is 5.56 Å². The summed E-state index contributed by atoms with van der Waals surface area (Å²) in [6, 6.07) is 10.4. The molecular formula is C18H26N4O2S. The number of nitrogens with zero attached hydrogens (tertiary/aromatic N) is 3. The van der Waals surface area contributed by atoms with Crippen LogP contribution in [-0.2, 0) is 23.6 Å². The lowest BCUT2D eigenvalue weighted by molar-refractivity contribution is 0.200. The summed E-state index contributed by atoms with van der Waals surface area (Å²) in [4.78, 5) is 2.70. The van der Waals surface area contributed by atoms with Gasteiger partial charge in [-0.25, -0.2) is 13.1 Å². The topological polar surface area (TPSA) is 67.2 Å². The number of hydrogen-bond donors (Lipinski definition) is 1. The first-order valence-corrected chi connectivity index (χ1v) is 10.1. The summed E-state index contributed by atoms with van der Waals surface area (Å²) in [5.74, 6) is 0. The second-order valence-corrected chi connectivity index (χ2v) is 8.43. The number of benzene rings is 1. The number of rotatable bonds is 5. The molecule has 0 saturated carbocycles. The molecule has 1 fully saturated rings. The van der Waals surface area contributed by atoms with Crippen LogP contribution in [0.5, 0.6) is 0 Å². The van der Waals surface area contributed by atoms with E-state index in [-0.39, 0.29) is 6.04 Å². The zero-order valence-corrected chi connectivity index (χ0v) is 15.9. The standard InChI is InChI=1S/C18H26N4O2S/c1-14-18(15(2)21(3)19-14)25(23,24)20-17-9-11-22(12-10-17)13-16-7-5-4-6-8-16/h4-8,17,20H,9-13H2,1-3H3. The first-order valence-electron chi connectivity index (χ1n) is 8.65. The van der Waals surface area contributed by atoms with Crippen molar-refractivity contribution in [2.75, 3.05) is 13.1 Å². The smallest absolute Gasteiger partial charge is 0.244 e. The molecule has 1 aromatic carbocycles. The second-order valence-electron chi connectivity index (χ2n) is 6.78.